The van der Waals surface area contributed by atoms with Gasteiger partial charge in [-0.05, 0) is 25.5 Å². The van der Waals surface area contributed by atoms with Crippen LogP contribution < -0.4 is 16.5 Å². The maximum absolute atomic E-state index is 14.0. The van der Waals surface area contributed by atoms with Gasteiger partial charge >= 0.3 is 0 Å². The van der Waals surface area contributed by atoms with Crippen molar-refractivity contribution in [3.63, 3.8) is 0 Å². The van der Waals surface area contributed by atoms with E-state index in [-0.39, 0.29) is 36.4 Å². The molecule has 0 saturated carbocycles. The average molecular weight is 383 g/mol. The number of para-hydroxylation sites is 1. The largest absolute Gasteiger partial charge is 0.347 e. The Hall–Kier alpha value is -2.25. The van der Waals surface area contributed by atoms with Gasteiger partial charge in [-0.15, -0.1) is 12.4 Å². The number of rotatable bonds is 7. The zero-order valence-electron chi connectivity index (χ0n) is 14.9. The molecule has 2 aromatic rings. The van der Waals surface area contributed by atoms with Crippen LogP contribution >= 0.6 is 12.4 Å². The molecule has 1 heterocycles. The summed E-state index contributed by atoms with van der Waals surface area (Å²) in [6.07, 6.45) is 2.63. The van der Waals surface area contributed by atoms with Crippen LogP contribution in [-0.4, -0.2) is 28.3 Å². The SMILES string of the molecule is CCCCC(CN)NC(=O)c1nn(-c2ccccc2F)c(C)cc1=O.Cl. The second kappa shape index (κ2) is 10.0. The number of amides is 1. The molecular formula is C18H24ClFN4O2. The molecule has 8 heteroatoms. The van der Waals surface area contributed by atoms with Gasteiger partial charge in [0.05, 0.1) is 0 Å². The lowest BCUT2D eigenvalue weighted by Gasteiger charge is -2.17. The molecule has 0 spiro atoms. The Morgan fingerprint density at radius 1 is 1.38 bits per heavy atom. The van der Waals surface area contributed by atoms with Crippen molar-refractivity contribution in [1.29, 1.82) is 0 Å². The fourth-order valence-corrected chi connectivity index (χ4v) is 2.53. The maximum atomic E-state index is 14.0. The summed E-state index contributed by atoms with van der Waals surface area (Å²) >= 11 is 0. The molecule has 0 aliphatic rings. The van der Waals surface area contributed by atoms with Crippen LogP contribution in [0.3, 0.4) is 0 Å². The van der Waals surface area contributed by atoms with Gasteiger partial charge in [0.25, 0.3) is 5.91 Å². The second-order valence-electron chi connectivity index (χ2n) is 5.91. The maximum Gasteiger partial charge on any atom is 0.276 e. The number of hydrogen-bond donors (Lipinski definition) is 2. The Bertz CT molecular complexity index is 810. The van der Waals surface area contributed by atoms with Crippen LogP contribution in [0.15, 0.2) is 35.1 Å². The van der Waals surface area contributed by atoms with Crippen molar-refractivity contribution in [3.8, 4) is 5.69 Å². The first-order valence-electron chi connectivity index (χ1n) is 8.34. The normalized spacial score (nSPS) is 11.5. The summed E-state index contributed by atoms with van der Waals surface area (Å²) in [5.74, 6) is -1.09. The predicted octanol–water partition coefficient (Wildman–Crippen LogP) is 2.35. The lowest BCUT2D eigenvalue weighted by Crippen LogP contribution is -2.42. The summed E-state index contributed by atoms with van der Waals surface area (Å²) in [6.45, 7) is 3.95. The van der Waals surface area contributed by atoms with Crippen LogP contribution in [0.4, 0.5) is 4.39 Å². The molecule has 2 rings (SSSR count). The number of halogens is 2. The van der Waals surface area contributed by atoms with Crippen molar-refractivity contribution in [2.24, 2.45) is 5.73 Å². The smallest absolute Gasteiger partial charge is 0.276 e. The summed E-state index contributed by atoms with van der Waals surface area (Å²) in [6, 6.07) is 7.10. The van der Waals surface area contributed by atoms with Crippen LogP contribution in [0.1, 0.15) is 42.4 Å². The summed E-state index contributed by atoms with van der Waals surface area (Å²) in [4.78, 5) is 24.6. The number of benzene rings is 1. The number of nitrogens with one attached hydrogen (secondary N) is 1. The molecule has 1 atom stereocenters. The average Bonchev–Trinajstić information content (AvgIpc) is 2.59. The number of carbonyl (C=O) groups excluding carboxylic acids is 1. The fraction of sp³-hybridized carbons (Fsp3) is 0.389. The molecule has 0 saturated heterocycles. The molecule has 0 aliphatic carbocycles. The number of hydrogen-bond acceptors (Lipinski definition) is 4. The highest BCUT2D eigenvalue weighted by Gasteiger charge is 2.19. The molecule has 1 amide bonds. The summed E-state index contributed by atoms with van der Waals surface area (Å²) in [5, 5.41) is 6.82. The molecule has 0 bridgehead atoms. The van der Waals surface area contributed by atoms with Crippen LogP contribution in [0.25, 0.3) is 5.69 Å². The van der Waals surface area contributed by atoms with Crippen LogP contribution in [0.2, 0.25) is 0 Å². The highest BCUT2D eigenvalue weighted by Crippen LogP contribution is 2.13. The number of nitrogens with zero attached hydrogens (tertiary/aromatic N) is 2. The van der Waals surface area contributed by atoms with Gasteiger partial charge in [-0.25, -0.2) is 9.07 Å². The van der Waals surface area contributed by atoms with E-state index in [1.807, 2.05) is 6.92 Å². The van der Waals surface area contributed by atoms with Gasteiger partial charge in [0, 0.05) is 24.3 Å². The Morgan fingerprint density at radius 3 is 2.69 bits per heavy atom. The molecule has 1 aromatic carbocycles. The van der Waals surface area contributed by atoms with E-state index in [9.17, 15) is 14.0 Å². The molecule has 0 aliphatic heterocycles. The summed E-state index contributed by atoms with van der Waals surface area (Å²) in [7, 11) is 0. The Kier molecular flexibility index (Phi) is 8.41. The van der Waals surface area contributed by atoms with E-state index in [1.54, 1.807) is 19.1 Å². The first-order valence-corrected chi connectivity index (χ1v) is 8.34. The van der Waals surface area contributed by atoms with Gasteiger partial charge in [-0.3, -0.25) is 9.59 Å². The Balaban J connectivity index is 0.00000338. The van der Waals surface area contributed by atoms with E-state index in [0.29, 0.717) is 5.69 Å². The first kappa shape index (κ1) is 21.8. The minimum Gasteiger partial charge on any atom is -0.347 e. The lowest BCUT2D eigenvalue weighted by molar-refractivity contribution is 0.0927. The van der Waals surface area contributed by atoms with Crippen molar-refractivity contribution in [2.75, 3.05) is 6.54 Å². The third-order valence-corrected chi connectivity index (χ3v) is 3.93. The summed E-state index contributed by atoms with van der Waals surface area (Å²) < 4.78 is 15.3. The fourth-order valence-electron chi connectivity index (χ4n) is 2.53. The van der Waals surface area contributed by atoms with Crippen molar-refractivity contribution in [3.05, 3.63) is 57.8 Å². The minimum absolute atomic E-state index is 0. The molecule has 1 aromatic heterocycles. The van der Waals surface area contributed by atoms with Crippen molar-refractivity contribution in [2.45, 2.75) is 39.2 Å². The zero-order chi connectivity index (χ0) is 18.4. The molecule has 1 unspecified atom stereocenters. The number of carbonyl (C=O) groups is 1. The standard InChI is InChI=1S/C18H23FN4O2.ClH/c1-3-4-7-13(11-20)21-18(25)17-16(24)10-12(2)23(22-17)15-9-6-5-8-14(15)19;/h5-6,8-10,13H,3-4,7,11,20H2,1-2H3,(H,21,25);1H. The number of unbranched alkanes of at least 4 members (excludes halogenated alkanes) is 1. The highest BCUT2D eigenvalue weighted by atomic mass is 35.5. The van der Waals surface area contributed by atoms with E-state index in [2.05, 4.69) is 10.4 Å². The van der Waals surface area contributed by atoms with Gasteiger partial charge in [-0.2, -0.15) is 5.10 Å². The molecule has 6 nitrogen and oxygen atoms in total. The first-order chi connectivity index (χ1) is 12.0. The van der Waals surface area contributed by atoms with Gasteiger partial charge in [0.1, 0.15) is 11.5 Å². The van der Waals surface area contributed by atoms with E-state index in [0.717, 1.165) is 19.3 Å². The van der Waals surface area contributed by atoms with Crippen LogP contribution in [-0.2, 0) is 0 Å². The number of aromatic nitrogens is 2. The highest BCUT2D eigenvalue weighted by molar-refractivity contribution is 5.92. The van der Waals surface area contributed by atoms with E-state index in [4.69, 9.17) is 5.73 Å². The second-order valence-corrected chi connectivity index (χ2v) is 5.91. The Labute approximate surface area is 158 Å². The molecule has 0 fully saturated rings. The van der Waals surface area contributed by atoms with E-state index < -0.39 is 17.2 Å². The van der Waals surface area contributed by atoms with Crippen LogP contribution in [0.5, 0.6) is 0 Å². The number of aryl methyl sites for hydroxylation is 1. The number of nitrogens with two attached hydrogens (primary N) is 1. The monoisotopic (exact) mass is 382 g/mol. The molecule has 26 heavy (non-hydrogen) atoms. The molecule has 3 N–H and O–H groups in total. The van der Waals surface area contributed by atoms with Gasteiger partial charge in [0.15, 0.2) is 5.69 Å². The third-order valence-electron chi connectivity index (χ3n) is 3.93. The topological polar surface area (TPSA) is 90.0 Å². The van der Waals surface area contributed by atoms with Crippen molar-refractivity contribution < 1.29 is 9.18 Å². The quantitative estimate of drug-likeness (QED) is 0.769. The lowest BCUT2D eigenvalue weighted by atomic mass is 10.1. The van der Waals surface area contributed by atoms with Gasteiger partial charge in [-0.1, -0.05) is 31.9 Å². The zero-order valence-corrected chi connectivity index (χ0v) is 15.7. The minimum atomic E-state index is -0.596. The predicted molar refractivity (Wildman–Crippen MR) is 102 cm³/mol. The van der Waals surface area contributed by atoms with Crippen molar-refractivity contribution >= 4 is 18.3 Å². The van der Waals surface area contributed by atoms with Crippen molar-refractivity contribution in [1.82, 2.24) is 15.1 Å². The molecule has 0 radical (unpaired) electrons. The third kappa shape index (κ3) is 5.12. The molecule has 142 valence electrons. The molecular weight excluding hydrogens is 359 g/mol. The Morgan fingerprint density at radius 2 is 2.08 bits per heavy atom. The van der Waals surface area contributed by atoms with E-state index >= 15 is 0 Å². The van der Waals surface area contributed by atoms with Crippen LogP contribution in [0, 0.1) is 12.7 Å². The van der Waals surface area contributed by atoms with E-state index in [1.165, 1.54) is 22.9 Å². The van der Waals surface area contributed by atoms with Gasteiger partial charge in [0.2, 0.25) is 5.43 Å². The van der Waals surface area contributed by atoms with Gasteiger partial charge < -0.3 is 11.1 Å². The summed E-state index contributed by atoms with van der Waals surface area (Å²) in [5.41, 5.74) is 5.51.